The fourth-order valence-corrected chi connectivity index (χ4v) is 3.07. The molecule has 1 N–H and O–H groups in total. The van der Waals surface area contributed by atoms with Gasteiger partial charge in [0.1, 0.15) is 24.1 Å². The highest BCUT2D eigenvalue weighted by molar-refractivity contribution is 5.82. The maximum atomic E-state index is 13.0. The third-order valence-electron chi connectivity index (χ3n) is 4.90. The topological polar surface area (TPSA) is 45.6 Å². The molecule has 0 saturated carbocycles. The van der Waals surface area contributed by atoms with Gasteiger partial charge in [-0.15, -0.1) is 0 Å². The highest BCUT2D eigenvalue weighted by atomic mass is 19.1. The van der Waals surface area contributed by atoms with Gasteiger partial charge in [0.25, 0.3) is 0 Å². The Labute approximate surface area is 165 Å². The van der Waals surface area contributed by atoms with Crippen LogP contribution in [-0.2, 0) is 0 Å². The fourth-order valence-electron chi connectivity index (χ4n) is 3.07. The summed E-state index contributed by atoms with van der Waals surface area (Å²) in [7, 11) is 3.83. The average Bonchev–Trinajstić information content (AvgIpc) is 2.66. The monoisotopic (exact) mass is 382 g/mol. The number of benzene rings is 2. The number of anilines is 1. The first-order valence-corrected chi connectivity index (χ1v) is 9.33. The molecule has 0 aliphatic heterocycles. The van der Waals surface area contributed by atoms with Crippen LogP contribution in [0, 0.1) is 6.92 Å². The molecule has 28 heavy (non-hydrogen) atoms. The van der Waals surface area contributed by atoms with E-state index in [4.69, 9.17) is 9.72 Å². The van der Waals surface area contributed by atoms with Crippen molar-refractivity contribution in [1.82, 2.24) is 4.98 Å². The van der Waals surface area contributed by atoms with Crippen LogP contribution in [0.2, 0.25) is 0 Å². The number of aromatic nitrogens is 1. The van der Waals surface area contributed by atoms with Crippen molar-refractivity contribution in [2.45, 2.75) is 32.5 Å². The predicted octanol–water partition coefficient (Wildman–Crippen LogP) is 4.76. The van der Waals surface area contributed by atoms with Crippen molar-refractivity contribution < 1.29 is 14.2 Å². The van der Waals surface area contributed by atoms with Crippen molar-refractivity contribution in [3.63, 3.8) is 0 Å². The van der Waals surface area contributed by atoms with E-state index >= 15 is 0 Å². The lowest BCUT2D eigenvalue weighted by atomic mass is 10.0. The number of nitrogens with zero attached hydrogens (tertiary/aromatic N) is 2. The minimum absolute atomic E-state index is 0.575. The van der Waals surface area contributed by atoms with Crippen LogP contribution in [0.25, 0.3) is 22.2 Å². The molecule has 0 saturated heterocycles. The Morgan fingerprint density at radius 1 is 1.11 bits per heavy atom. The number of pyridine rings is 1. The third-order valence-corrected chi connectivity index (χ3v) is 4.90. The zero-order valence-electron chi connectivity index (χ0n) is 17.0. The summed E-state index contributed by atoms with van der Waals surface area (Å²) in [5.74, 6) is 0.575. The van der Waals surface area contributed by atoms with Crippen LogP contribution in [0.5, 0.6) is 5.75 Å². The number of aliphatic hydroxyl groups excluding tert-OH is 1. The van der Waals surface area contributed by atoms with Crippen LogP contribution in [0.15, 0.2) is 48.5 Å². The number of aliphatic hydroxyl groups is 1. The molecule has 1 aromatic heterocycles. The van der Waals surface area contributed by atoms with Gasteiger partial charge in [0.05, 0.1) is 16.9 Å². The second kappa shape index (κ2) is 7.76. The molecule has 0 aliphatic rings. The second-order valence-corrected chi connectivity index (χ2v) is 7.85. The molecule has 148 valence electrons. The van der Waals surface area contributed by atoms with E-state index in [0.717, 1.165) is 27.8 Å². The summed E-state index contributed by atoms with van der Waals surface area (Å²) in [5.41, 5.74) is 3.63. The van der Waals surface area contributed by atoms with Gasteiger partial charge in [0.15, 0.2) is 0 Å². The fraction of sp³-hybridized carbons (Fsp3) is 0.348. The lowest BCUT2D eigenvalue weighted by Crippen LogP contribution is -2.43. The first-order valence-electron chi connectivity index (χ1n) is 9.33. The number of aryl methyl sites for hydroxylation is 1. The molecule has 4 nitrogen and oxygen atoms in total. The maximum absolute atomic E-state index is 13.0. The molecule has 3 rings (SSSR count). The van der Waals surface area contributed by atoms with Gasteiger partial charge in [-0.25, -0.2) is 9.37 Å². The number of alkyl halides is 1. The van der Waals surface area contributed by atoms with Gasteiger partial charge in [-0.2, -0.15) is 0 Å². The maximum Gasteiger partial charge on any atom is 0.144 e. The van der Waals surface area contributed by atoms with Crippen LogP contribution in [0.1, 0.15) is 19.4 Å². The Morgan fingerprint density at radius 2 is 1.86 bits per heavy atom. The van der Waals surface area contributed by atoms with Crippen molar-refractivity contribution in [2.24, 2.45) is 0 Å². The average molecular weight is 382 g/mol. The van der Waals surface area contributed by atoms with Crippen LogP contribution < -0.4 is 9.64 Å². The standard InChI is InChI=1S/C23H27FN2O2/c1-15-6-9-18-16(12-15)7-10-19(25-18)17-8-11-20(26(4)5)21(13-17)28-23(2,3)22(27)14-24/h6-13,22,27H,14H2,1-5H3. The van der Waals surface area contributed by atoms with Gasteiger partial charge in [-0.3, -0.25) is 0 Å². The molecule has 0 spiro atoms. The zero-order chi connectivity index (χ0) is 20.5. The molecule has 1 atom stereocenters. The van der Waals surface area contributed by atoms with Crippen molar-refractivity contribution in [3.8, 4) is 17.0 Å². The van der Waals surface area contributed by atoms with Crippen LogP contribution in [0.4, 0.5) is 10.1 Å². The number of rotatable bonds is 6. The number of halogens is 1. The zero-order valence-corrected chi connectivity index (χ0v) is 17.0. The van der Waals surface area contributed by atoms with E-state index in [1.165, 1.54) is 5.56 Å². The predicted molar refractivity (Wildman–Crippen MR) is 113 cm³/mol. The molecule has 0 amide bonds. The molecule has 0 aliphatic carbocycles. The van der Waals surface area contributed by atoms with Crippen molar-refractivity contribution in [2.75, 3.05) is 25.7 Å². The molecule has 0 radical (unpaired) electrons. The quantitative estimate of drug-likeness (QED) is 0.667. The van der Waals surface area contributed by atoms with Gasteiger partial charge in [0.2, 0.25) is 0 Å². The molecule has 1 unspecified atom stereocenters. The van der Waals surface area contributed by atoms with E-state index in [-0.39, 0.29) is 0 Å². The van der Waals surface area contributed by atoms with Crippen LogP contribution >= 0.6 is 0 Å². The molecule has 0 bridgehead atoms. The first kappa shape index (κ1) is 20.1. The minimum Gasteiger partial charge on any atom is -0.483 e. The lowest BCUT2D eigenvalue weighted by molar-refractivity contribution is -0.0389. The van der Waals surface area contributed by atoms with E-state index in [1.807, 2.05) is 55.4 Å². The Balaban J connectivity index is 2.04. The smallest absolute Gasteiger partial charge is 0.144 e. The first-order chi connectivity index (χ1) is 13.2. The summed E-state index contributed by atoms with van der Waals surface area (Å²) in [4.78, 5) is 6.70. The Bertz CT molecular complexity index is 985. The summed E-state index contributed by atoms with van der Waals surface area (Å²) in [6.07, 6.45) is -1.21. The SMILES string of the molecule is Cc1ccc2nc(-c3ccc(N(C)C)c(OC(C)(C)C(O)CF)c3)ccc2c1. The van der Waals surface area contributed by atoms with Crippen LogP contribution in [-0.4, -0.2) is 42.6 Å². The molecular weight excluding hydrogens is 355 g/mol. The van der Waals surface area contributed by atoms with Gasteiger partial charge in [-0.1, -0.05) is 23.8 Å². The van der Waals surface area contributed by atoms with Crippen molar-refractivity contribution in [1.29, 1.82) is 0 Å². The molecule has 2 aromatic carbocycles. The third kappa shape index (κ3) is 4.09. The highest BCUT2D eigenvalue weighted by Crippen LogP contribution is 2.35. The molecular formula is C23H27FN2O2. The van der Waals surface area contributed by atoms with E-state index in [2.05, 4.69) is 19.1 Å². The molecule has 0 fully saturated rings. The van der Waals surface area contributed by atoms with E-state index in [9.17, 15) is 9.50 Å². The van der Waals surface area contributed by atoms with Crippen molar-refractivity contribution >= 4 is 16.6 Å². The molecule has 3 aromatic rings. The Hall–Kier alpha value is -2.66. The summed E-state index contributed by atoms with van der Waals surface area (Å²) in [5, 5.41) is 11.1. The number of fused-ring (bicyclic) bond motifs is 1. The van der Waals surface area contributed by atoms with Gasteiger partial charge < -0.3 is 14.7 Å². The van der Waals surface area contributed by atoms with Crippen LogP contribution in [0.3, 0.4) is 0 Å². The van der Waals surface area contributed by atoms with Gasteiger partial charge in [-0.05, 0) is 51.1 Å². The second-order valence-electron chi connectivity index (χ2n) is 7.85. The largest absolute Gasteiger partial charge is 0.483 e. The normalized spacial score (nSPS) is 12.8. The molecule has 1 heterocycles. The van der Waals surface area contributed by atoms with E-state index in [0.29, 0.717) is 5.75 Å². The Kier molecular flexibility index (Phi) is 5.57. The van der Waals surface area contributed by atoms with Crippen molar-refractivity contribution in [3.05, 3.63) is 54.1 Å². The van der Waals surface area contributed by atoms with E-state index in [1.54, 1.807) is 13.8 Å². The van der Waals surface area contributed by atoms with Gasteiger partial charge >= 0.3 is 0 Å². The molecule has 5 heteroatoms. The van der Waals surface area contributed by atoms with E-state index < -0.39 is 18.4 Å². The lowest BCUT2D eigenvalue weighted by Gasteiger charge is -2.32. The highest BCUT2D eigenvalue weighted by Gasteiger charge is 2.31. The Morgan fingerprint density at radius 3 is 2.54 bits per heavy atom. The number of ether oxygens (including phenoxy) is 1. The number of hydrogen-bond acceptors (Lipinski definition) is 4. The summed E-state index contributed by atoms with van der Waals surface area (Å²) in [6, 6.07) is 16.0. The summed E-state index contributed by atoms with van der Waals surface area (Å²) >= 11 is 0. The summed E-state index contributed by atoms with van der Waals surface area (Å²) in [6.45, 7) is 4.56. The number of hydrogen-bond donors (Lipinski definition) is 1. The summed E-state index contributed by atoms with van der Waals surface area (Å²) < 4.78 is 19.1. The minimum atomic E-state index is -1.21. The van der Waals surface area contributed by atoms with Gasteiger partial charge in [0, 0.05) is 25.0 Å².